The molecular formula is C18H16N6O3. The Kier molecular flexibility index (Phi) is 3.84. The highest BCUT2D eigenvalue weighted by Gasteiger charge is 2.16. The maximum absolute atomic E-state index is 12.5. The zero-order valence-corrected chi connectivity index (χ0v) is 14.7. The molecule has 9 heteroatoms. The molecule has 4 rings (SSSR count). The van der Waals surface area contributed by atoms with Crippen LogP contribution in [0.15, 0.2) is 52.4 Å². The molecule has 9 nitrogen and oxygen atoms in total. The van der Waals surface area contributed by atoms with Crippen LogP contribution < -0.4 is 16.6 Å². The molecule has 1 N–H and O–H groups in total. The van der Waals surface area contributed by atoms with Gasteiger partial charge in [0.15, 0.2) is 11.2 Å². The predicted octanol–water partition coefficient (Wildman–Crippen LogP) is 0.621. The number of fused-ring (bicyclic) bond motifs is 2. The molecule has 0 saturated carbocycles. The molecule has 27 heavy (non-hydrogen) atoms. The van der Waals surface area contributed by atoms with E-state index in [9.17, 15) is 14.4 Å². The van der Waals surface area contributed by atoms with Crippen molar-refractivity contribution in [2.45, 2.75) is 6.54 Å². The van der Waals surface area contributed by atoms with Crippen molar-refractivity contribution in [1.29, 1.82) is 0 Å². The zero-order chi connectivity index (χ0) is 19.1. The number of nitrogens with zero attached hydrogens (tertiary/aromatic N) is 5. The summed E-state index contributed by atoms with van der Waals surface area (Å²) in [5, 5.41) is 4.55. The molecule has 0 atom stereocenters. The standard InChI is InChI=1S/C18H16N6O3/c1-22-16-14(17(26)23(2)18(22)27)24(10-20-16)9-13(25)21-15-12-6-4-3-5-11(12)7-8-19-15/h3-8,10H,9H2,1-2H3,(H,19,21,25). The van der Waals surface area contributed by atoms with Crippen LogP contribution in [-0.2, 0) is 25.4 Å². The van der Waals surface area contributed by atoms with Crippen LogP contribution in [0, 0.1) is 0 Å². The number of aryl methyl sites for hydroxylation is 1. The summed E-state index contributed by atoms with van der Waals surface area (Å²) in [4.78, 5) is 45.3. The van der Waals surface area contributed by atoms with Crippen molar-refractivity contribution >= 4 is 33.7 Å². The number of rotatable bonds is 3. The van der Waals surface area contributed by atoms with Crippen molar-refractivity contribution in [3.8, 4) is 0 Å². The van der Waals surface area contributed by atoms with E-state index in [-0.39, 0.29) is 23.6 Å². The van der Waals surface area contributed by atoms with Gasteiger partial charge in [0.2, 0.25) is 5.91 Å². The van der Waals surface area contributed by atoms with Crippen molar-refractivity contribution in [3.05, 3.63) is 63.7 Å². The lowest BCUT2D eigenvalue weighted by atomic mass is 10.1. The Hall–Kier alpha value is -3.75. The molecule has 0 bridgehead atoms. The number of aromatic nitrogens is 5. The molecule has 0 aliphatic heterocycles. The fourth-order valence-electron chi connectivity index (χ4n) is 3.06. The van der Waals surface area contributed by atoms with Crippen LogP contribution in [0.1, 0.15) is 0 Å². The minimum atomic E-state index is -0.498. The van der Waals surface area contributed by atoms with Gasteiger partial charge >= 0.3 is 5.69 Å². The average Bonchev–Trinajstić information content (AvgIpc) is 3.08. The number of imidazole rings is 1. The Labute approximate surface area is 152 Å². The lowest BCUT2D eigenvalue weighted by molar-refractivity contribution is -0.116. The third kappa shape index (κ3) is 2.69. The summed E-state index contributed by atoms with van der Waals surface area (Å²) in [5.74, 6) is 0.0943. The first-order valence-corrected chi connectivity index (χ1v) is 8.22. The van der Waals surface area contributed by atoms with E-state index in [2.05, 4.69) is 15.3 Å². The molecule has 0 unspecified atom stereocenters. The quantitative estimate of drug-likeness (QED) is 0.574. The van der Waals surface area contributed by atoms with Crippen molar-refractivity contribution in [1.82, 2.24) is 23.7 Å². The van der Waals surface area contributed by atoms with E-state index in [1.165, 1.54) is 29.6 Å². The van der Waals surface area contributed by atoms with E-state index in [0.717, 1.165) is 15.3 Å². The summed E-state index contributed by atoms with van der Waals surface area (Å²) in [6.07, 6.45) is 3.00. The molecule has 0 aliphatic carbocycles. The van der Waals surface area contributed by atoms with Gasteiger partial charge in [0, 0.05) is 25.7 Å². The topological polar surface area (TPSA) is 104 Å². The molecule has 0 fully saturated rings. The number of hydrogen-bond donors (Lipinski definition) is 1. The highest BCUT2D eigenvalue weighted by molar-refractivity contribution is 6.00. The first kappa shape index (κ1) is 16.7. The van der Waals surface area contributed by atoms with Gasteiger partial charge in [-0.15, -0.1) is 0 Å². The highest BCUT2D eigenvalue weighted by atomic mass is 16.2. The van der Waals surface area contributed by atoms with Gasteiger partial charge in [0.25, 0.3) is 5.56 Å². The van der Waals surface area contributed by atoms with E-state index in [1.807, 2.05) is 30.3 Å². The van der Waals surface area contributed by atoms with Gasteiger partial charge in [-0.1, -0.05) is 24.3 Å². The SMILES string of the molecule is Cn1c(=O)c2c(ncn2CC(=O)Nc2nccc3ccccc23)n(C)c1=O. The van der Waals surface area contributed by atoms with Gasteiger partial charge in [-0.05, 0) is 11.5 Å². The number of anilines is 1. The second-order valence-corrected chi connectivity index (χ2v) is 6.18. The lowest BCUT2D eigenvalue weighted by Crippen LogP contribution is -2.37. The number of hydrogen-bond acceptors (Lipinski definition) is 5. The second-order valence-electron chi connectivity index (χ2n) is 6.18. The molecule has 0 saturated heterocycles. The molecule has 1 amide bonds. The van der Waals surface area contributed by atoms with Crippen molar-refractivity contribution in [3.63, 3.8) is 0 Å². The molecule has 136 valence electrons. The molecule has 0 radical (unpaired) electrons. The predicted molar refractivity (Wildman–Crippen MR) is 101 cm³/mol. The Morgan fingerprint density at radius 3 is 2.67 bits per heavy atom. The smallest absolute Gasteiger partial charge is 0.315 e. The van der Waals surface area contributed by atoms with Crippen molar-refractivity contribution < 1.29 is 4.79 Å². The highest BCUT2D eigenvalue weighted by Crippen LogP contribution is 2.20. The van der Waals surface area contributed by atoms with Crippen LogP contribution in [0.2, 0.25) is 0 Å². The van der Waals surface area contributed by atoms with Crippen LogP contribution in [0.3, 0.4) is 0 Å². The monoisotopic (exact) mass is 364 g/mol. The largest absolute Gasteiger partial charge is 0.332 e. The van der Waals surface area contributed by atoms with Gasteiger partial charge in [-0.3, -0.25) is 18.7 Å². The summed E-state index contributed by atoms with van der Waals surface area (Å²) in [6, 6.07) is 9.44. The second kappa shape index (κ2) is 6.20. The van der Waals surface area contributed by atoms with E-state index in [1.54, 1.807) is 6.20 Å². The molecule has 1 aromatic carbocycles. The number of pyridine rings is 1. The zero-order valence-electron chi connectivity index (χ0n) is 14.7. The fraction of sp³-hybridized carbons (Fsp3) is 0.167. The van der Waals surface area contributed by atoms with Crippen molar-refractivity contribution in [2.75, 3.05) is 5.32 Å². The lowest BCUT2D eigenvalue weighted by Gasteiger charge is -2.09. The maximum Gasteiger partial charge on any atom is 0.332 e. The third-order valence-corrected chi connectivity index (χ3v) is 4.46. The van der Waals surface area contributed by atoms with Crippen LogP contribution >= 0.6 is 0 Å². The van der Waals surface area contributed by atoms with E-state index in [0.29, 0.717) is 5.82 Å². The minimum Gasteiger partial charge on any atom is -0.315 e. The number of amides is 1. The van der Waals surface area contributed by atoms with Gasteiger partial charge in [0.1, 0.15) is 12.4 Å². The number of nitrogens with one attached hydrogen (secondary N) is 1. The molecule has 0 aliphatic rings. The Balaban J connectivity index is 1.70. The molecule has 3 heterocycles. The van der Waals surface area contributed by atoms with Crippen molar-refractivity contribution in [2.24, 2.45) is 14.1 Å². The number of carbonyl (C=O) groups excluding carboxylic acids is 1. The summed E-state index contributed by atoms with van der Waals surface area (Å²) in [6.45, 7) is -0.130. The summed E-state index contributed by atoms with van der Waals surface area (Å²) >= 11 is 0. The van der Waals surface area contributed by atoms with Gasteiger partial charge in [-0.25, -0.2) is 14.8 Å². The van der Waals surface area contributed by atoms with E-state index < -0.39 is 11.2 Å². The molecule has 3 aromatic heterocycles. The van der Waals surface area contributed by atoms with Gasteiger partial charge < -0.3 is 9.88 Å². The van der Waals surface area contributed by atoms with Crippen LogP contribution in [-0.4, -0.2) is 29.6 Å². The fourth-order valence-corrected chi connectivity index (χ4v) is 3.06. The van der Waals surface area contributed by atoms with Crippen LogP contribution in [0.25, 0.3) is 21.9 Å². The Morgan fingerprint density at radius 2 is 1.85 bits per heavy atom. The molecular weight excluding hydrogens is 348 g/mol. The first-order valence-electron chi connectivity index (χ1n) is 8.22. The minimum absolute atomic E-state index is 0.130. The first-order chi connectivity index (χ1) is 13.0. The van der Waals surface area contributed by atoms with E-state index >= 15 is 0 Å². The average molecular weight is 364 g/mol. The van der Waals surface area contributed by atoms with Crippen LogP contribution in [0.4, 0.5) is 5.82 Å². The number of carbonyl (C=O) groups is 1. The third-order valence-electron chi connectivity index (χ3n) is 4.46. The molecule has 0 spiro atoms. The Morgan fingerprint density at radius 1 is 1.07 bits per heavy atom. The summed E-state index contributed by atoms with van der Waals surface area (Å²) in [7, 11) is 2.92. The van der Waals surface area contributed by atoms with E-state index in [4.69, 9.17) is 0 Å². The molecule has 4 aromatic rings. The summed E-state index contributed by atoms with van der Waals surface area (Å²) in [5.41, 5.74) is -0.538. The Bertz CT molecular complexity index is 1310. The van der Waals surface area contributed by atoms with Gasteiger partial charge in [0.05, 0.1) is 6.33 Å². The maximum atomic E-state index is 12.5. The van der Waals surface area contributed by atoms with Crippen LogP contribution in [0.5, 0.6) is 0 Å². The normalized spacial score (nSPS) is 11.2. The van der Waals surface area contributed by atoms with Gasteiger partial charge in [-0.2, -0.15) is 0 Å². The number of benzene rings is 1. The summed E-state index contributed by atoms with van der Waals surface area (Å²) < 4.78 is 3.69.